The van der Waals surface area contributed by atoms with Gasteiger partial charge in [-0.25, -0.2) is 0 Å². The minimum atomic E-state index is -0.358. The molecule has 1 N–H and O–H groups in total. The smallest absolute Gasteiger partial charge is 0.243 e. The Kier molecular flexibility index (Phi) is 4.09. The van der Waals surface area contributed by atoms with Crippen molar-refractivity contribution in [2.75, 3.05) is 13.2 Å². The number of ether oxygens (including phenoxy) is 1. The molecule has 0 aromatic rings. The number of hydrogen-bond acceptors (Lipinski definition) is 3. The Morgan fingerprint density at radius 3 is 2.55 bits per heavy atom. The fraction of sp³-hybridized carbons (Fsp3) is 0.867. The van der Waals surface area contributed by atoms with E-state index in [9.17, 15) is 9.59 Å². The summed E-state index contributed by atoms with van der Waals surface area (Å²) in [4.78, 5) is 26.2. The van der Waals surface area contributed by atoms with E-state index in [0.29, 0.717) is 6.61 Å². The van der Waals surface area contributed by atoms with Crippen LogP contribution in [0.4, 0.5) is 0 Å². The standard InChI is InChI=1S/C15H26N2O3/c1-6-20-11-7-10(15(11,4)5)17-12(18)8-16-14(19)13(17)9(2)3/h9-11,13H,6-8H2,1-5H3,(H,16,19). The van der Waals surface area contributed by atoms with Gasteiger partial charge in [-0.2, -0.15) is 0 Å². The summed E-state index contributed by atoms with van der Waals surface area (Å²) in [5, 5.41) is 2.70. The molecule has 0 bridgehead atoms. The maximum atomic E-state index is 12.3. The van der Waals surface area contributed by atoms with Crippen LogP contribution in [0.3, 0.4) is 0 Å². The SMILES string of the molecule is CCOC1CC(N2C(=O)CNC(=O)C2C(C)C)C1(C)C. The monoisotopic (exact) mass is 282 g/mol. The van der Waals surface area contributed by atoms with Gasteiger partial charge in [0.1, 0.15) is 6.04 Å². The van der Waals surface area contributed by atoms with Gasteiger partial charge in [-0.15, -0.1) is 0 Å². The Balaban J connectivity index is 2.21. The summed E-state index contributed by atoms with van der Waals surface area (Å²) in [7, 11) is 0. The molecule has 5 heteroatoms. The second-order valence-electron chi connectivity index (χ2n) is 6.72. The average Bonchev–Trinajstić information content (AvgIpc) is 2.37. The van der Waals surface area contributed by atoms with E-state index in [2.05, 4.69) is 19.2 Å². The van der Waals surface area contributed by atoms with Crippen LogP contribution in [-0.2, 0) is 14.3 Å². The molecular weight excluding hydrogens is 256 g/mol. The van der Waals surface area contributed by atoms with Crippen molar-refractivity contribution in [3.8, 4) is 0 Å². The molecule has 2 fully saturated rings. The third-order valence-electron chi connectivity index (χ3n) is 4.73. The van der Waals surface area contributed by atoms with Crippen molar-refractivity contribution in [1.82, 2.24) is 10.2 Å². The van der Waals surface area contributed by atoms with Gasteiger partial charge in [0.2, 0.25) is 11.8 Å². The zero-order valence-electron chi connectivity index (χ0n) is 13.1. The van der Waals surface area contributed by atoms with Gasteiger partial charge in [0.25, 0.3) is 0 Å². The van der Waals surface area contributed by atoms with Crippen LogP contribution in [0.1, 0.15) is 41.0 Å². The lowest BCUT2D eigenvalue weighted by Crippen LogP contribution is -2.71. The highest BCUT2D eigenvalue weighted by Gasteiger charge is 2.56. The highest BCUT2D eigenvalue weighted by Crippen LogP contribution is 2.47. The van der Waals surface area contributed by atoms with Gasteiger partial charge in [0.15, 0.2) is 0 Å². The summed E-state index contributed by atoms with van der Waals surface area (Å²) in [6.45, 7) is 11.0. The molecular formula is C15H26N2O3. The maximum Gasteiger partial charge on any atom is 0.243 e. The topological polar surface area (TPSA) is 58.6 Å². The Bertz CT molecular complexity index is 406. The van der Waals surface area contributed by atoms with E-state index in [4.69, 9.17) is 4.74 Å². The molecule has 1 saturated carbocycles. The second kappa shape index (κ2) is 5.35. The first-order valence-corrected chi connectivity index (χ1v) is 7.51. The summed E-state index contributed by atoms with van der Waals surface area (Å²) in [6.07, 6.45) is 0.992. The molecule has 1 heterocycles. The second-order valence-corrected chi connectivity index (χ2v) is 6.72. The van der Waals surface area contributed by atoms with Crippen molar-refractivity contribution in [2.24, 2.45) is 11.3 Å². The van der Waals surface area contributed by atoms with Crippen molar-refractivity contribution in [2.45, 2.75) is 59.2 Å². The van der Waals surface area contributed by atoms with Gasteiger partial charge in [0.05, 0.1) is 12.6 Å². The first kappa shape index (κ1) is 15.3. The van der Waals surface area contributed by atoms with E-state index in [1.165, 1.54) is 0 Å². The van der Waals surface area contributed by atoms with Crippen molar-refractivity contribution in [1.29, 1.82) is 0 Å². The van der Waals surface area contributed by atoms with E-state index in [0.717, 1.165) is 6.42 Å². The summed E-state index contributed by atoms with van der Waals surface area (Å²) in [5.74, 6) is 0.104. The number of piperazine rings is 1. The molecule has 1 aliphatic heterocycles. The van der Waals surface area contributed by atoms with E-state index in [-0.39, 0.29) is 47.9 Å². The Morgan fingerprint density at radius 2 is 2.05 bits per heavy atom. The van der Waals surface area contributed by atoms with Gasteiger partial charge >= 0.3 is 0 Å². The van der Waals surface area contributed by atoms with Crippen LogP contribution >= 0.6 is 0 Å². The quantitative estimate of drug-likeness (QED) is 0.842. The molecule has 0 aromatic carbocycles. The number of carbonyl (C=O) groups is 2. The number of carbonyl (C=O) groups excluding carboxylic acids is 2. The third-order valence-corrected chi connectivity index (χ3v) is 4.73. The maximum absolute atomic E-state index is 12.3. The molecule has 3 atom stereocenters. The minimum absolute atomic E-state index is 0.0244. The first-order chi connectivity index (χ1) is 9.30. The van der Waals surface area contributed by atoms with Crippen LogP contribution in [0.15, 0.2) is 0 Å². The van der Waals surface area contributed by atoms with E-state index in [1.807, 2.05) is 25.7 Å². The molecule has 0 spiro atoms. The van der Waals surface area contributed by atoms with Gasteiger partial charge in [0, 0.05) is 18.1 Å². The Morgan fingerprint density at radius 1 is 1.40 bits per heavy atom. The number of hydrogen-bond donors (Lipinski definition) is 1. The summed E-state index contributed by atoms with van der Waals surface area (Å²) in [5.41, 5.74) is -0.101. The van der Waals surface area contributed by atoms with Gasteiger partial charge in [-0.1, -0.05) is 27.7 Å². The van der Waals surface area contributed by atoms with Crippen LogP contribution in [-0.4, -0.2) is 48.1 Å². The number of amides is 2. The predicted molar refractivity (Wildman–Crippen MR) is 76.1 cm³/mol. The Labute approximate surface area is 121 Å². The molecule has 1 saturated heterocycles. The van der Waals surface area contributed by atoms with Gasteiger partial charge in [-0.05, 0) is 19.3 Å². The van der Waals surface area contributed by atoms with Crippen LogP contribution < -0.4 is 5.32 Å². The van der Waals surface area contributed by atoms with Crippen molar-refractivity contribution < 1.29 is 14.3 Å². The molecule has 2 rings (SSSR count). The summed E-state index contributed by atoms with van der Waals surface area (Å²) >= 11 is 0. The van der Waals surface area contributed by atoms with Crippen LogP contribution in [0.25, 0.3) is 0 Å². The zero-order valence-corrected chi connectivity index (χ0v) is 13.1. The van der Waals surface area contributed by atoms with Crippen molar-refractivity contribution in [3.63, 3.8) is 0 Å². The molecule has 114 valence electrons. The fourth-order valence-electron chi connectivity index (χ4n) is 3.45. The highest BCUT2D eigenvalue weighted by molar-refractivity contribution is 5.95. The lowest BCUT2D eigenvalue weighted by atomic mass is 9.63. The third kappa shape index (κ3) is 2.32. The average molecular weight is 282 g/mol. The summed E-state index contributed by atoms with van der Waals surface area (Å²) in [6, 6.07) is -0.270. The molecule has 20 heavy (non-hydrogen) atoms. The molecule has 2 aliphatic rings. The highest BCUT2D eigenvalue weighted by atomic mass is 16.5. The molecule has 0 aromatic heterocycles. The molecule has 2 amide bonds. The molecule has 5 nitrogen and oxygen atoms in total. The van der Waals surface area contributed by atoms with Crippen molar-refractivity contribution in [3.05, 3.63) is 0 Å². The van der Waals surface area contributed by atoms with Crippen molar-refractivity contribution >= 4 is 11.8 Å². The Hall–Kier alpha value is -1.10. The van der Waals surface area contributed by atoms with Crippen LogP contribution in [0.2, 0.25) is 0 Å². The lowest BCUT2D eigenvalue weighted by Gasteiger charge is -2.58. The predicted octanol–water partition coefficient (Wildman–Crippen LogP) is 1.17. The fourth-order valence-corrected chi connectivity index (χ4v) is 3.45. The zero-order chi connectivity index (χ0) is 15.1. The van der Waals surface area contributed by atoms with E-state index >= 15 is 0 Å². The normalized spacial score (nSPS) is 33.1. The number of rotatable bonds is 4. The largest absolute Gasteiger partial charge is 0.378 e. The first-order valence-electron chi connectivity index (χ1n) is 7.51. The summed E-state index contributed by atoms with van der Waals surface area (Å²) < 4.78 is 5.73. The van der Waals surface area contributed by atoms with Crippen LogP contribution in [0.5, 0.6) is 0 Å². The minimum Gasteiger partial charge on any atom is -0.378 e. The van der Waals surface area contributed by atoms with E-state index in [1.54, 1.807) is 0 Å². The van der Waals surface area contributed by atoms with Gasteiger partial charge < -0.3 is 15.0 Å². The lowest BCUT2D eigenvalue weighted by molar-refractivity contribution is -0.182. The number of nitrogens with zero attached hydrogens (tertiary/aromatic N) is 1. The molecule has 3 unspecified atom stereocenters. The number of nitrogens with one attached hydrogen (secondary N) is 1. The molecule has 1 aliphatic carbocycles. The van der Waals surface area contributed by atoms with E-state index < -0.39 is 0 Å². The molecule has 0 radical (unpaired) electrons. The van der Waals surface area contributed by atoms with Crippen LogP contribution in [0, 0.1) is 11.3 Å². The van der Waals surface area contributed by atoms with Gasteiger partial charge in [-0.3, -0.25) is 9.59 Å².